The van der Waals surface area contributed by atoms with E-state index in [2.05, 4.69) is 0 Å². The first-order valence-electron chi connectivity index (χ1n) is 7.31. The van der Waals surface area contributed by atoms with Gasteiger partial charge in [-0.05, 0) is 32.6 Å². The number of morpholine rings is 1. The van der Waals surface area contributed by atoms with Crippen LogP contribution in [0.15, 0.2) is 0 Å². The molecule has 2 aliphatic rings. The van der Waals surface area contributed by atoms with Crippen molar-refractivity contribution in [3.8, 4) is 0 Å². The van der Waals surface area contributed by atoms with E-state index in [0.29, 0.717) is 25.6 Å². The van der Waals surface area contributed by atoms with Crippen LogP contribution in [0.1, 0.15) is 26.7 Å². The number of hydrogen-bond acceptors (Lipinski definition) is 4. The fraction of sp³-hybridized carbons (Fsp3) is 0.857. The second-order valence-corrected chi connectivity index (χ2v) is 6.06. The molecule has 1 heterocycles. The topological polar surface area (TPSA) is 70.1 Å². The molecule has 0 aromatic heterocycles. The zero-order valence-corrected chi connectivity index (χ0v) is 12.2. The number of carboxylic acids is 1. The van der Waals surface area contributed by atoms with Crippen LogP contribution in [0.5, 0.6) is 0 Å². The van der Waals surface area contributed by atoms with Gasteiger partial charge in [-0.2, -0.15) is 0 Å². The molecule has 114 valence electrons. The summed E-state index contributed by atoms with van der Waals surface area (Å²) in [6.07, 6.45) is 2.38. The van der Waals surface area contributed by atoms with E-state index in [9.17, 15) is 9.59 Å². The Balaban J connectivity index is 1.87. The number of ether oxygens (including phenoxy) is 1. The summed E-state index contributed by atoms with van der Waals surface area (Å²) in [6, 6.07) is 0. The van der Waals surface area contributed by atoms with Crippen LogP contribution in [0.4, 0.5) is 0 Å². The summed E-state index contributed by atoms with van der Waals surface area (Å²) in [7, 11) is 0. The number of aliphatic carboxylic acids is 1. The minimum Gasteiger partial charge on any atom is -0.480 e. The van der Waals surface area contributed by atoms with Crippen molar-refractivity contribution in [2.45, 2.75) is 38.9 Å². The summed E-state index contributed by atoms with van der Waals surface area (Å²) < 4.78 is 5.61. The van der Waals surface area contributed by atoms with E-state index in [1.807, 2.05) is 13.8 Å². The largest absolute Gasteiger partial charge is 0.480 e. The highest BCUT2D eigenvalue weighted by atomic mass is 16.5. The van der Waals surface area contributed by atoms with Crippen molar-refractivity contribution in [3.05, 3.63) is 0 Å². The molecule has 0 bridgehead atoms. The average molecular weight is 284 g/mol. The predicted octanol–water partition coefficient (Wildman–Crippen LogP) is 0.419. The number of carbonyl (C=O) groups is 2. The molecule has 1 saturated heterocycles. The first kappa shape index (κ1) is 15.3. The predicted molar refractivity (Wildman–Crippen MR) is 73.4 cm³/mol. The average Bonchev–Trinajstić information content (AvgIpc) is 3.10. The van der Waals surface area contributed by atoms with Crippen LogP contribution in [0.2, 0.25) is 0 Å². The smallest absolute Gasteiger partial charge is 0.317 e. The van der Waals surface area contributed by atoms with Crippen LogP contribution >= 0.6 is 0 Å². The fourth-order valence-corrected chi connectivity index (χ4v) is 2.71. The van der Waals surface area contributed by atoms with Crippen LogP contribution < -0.4 is 0 Å². The first-order valence-corrected chi connectivity index (χ1v) is 7.31. The zero-order valence-electron chi connectivity index (χ0n) is 12.2. The molecular weight excluding hydrogens is 260 g/mol. The minimum atomic E-state index is -0.873. The molecule has 1 aliphatic carbocycles. The first-order chi connectivity index (χ1) is 9.44. The van der Waals surface area contributed by atoms with Gasteiger partial charge in [0.1, 0.15) is 0 Å². The van der Waals surface area contributed by atoms with Crippen molar-refractivity contribution in [2.24, 2.45) is 5.92 Å². The van der Waals surface area contributed by atoms with Gasteiger partial charge in [0.25, 0.3) is 0 Å². The van der Waals surface area contributed by atoms with Gasteiger partial charge in [-0.15, -0.1) is 0 Å². The highest BCUT2D eigenvalue weighted by Gasteiger charge is 2.30. The molecule has 2 rings (SSSR count). The van der Waals surface area contributed by atoms with Crippen LogP contribution in [0, 0.1) is 5.92 Å². The SMILES string of the molecule is CC1CN(C(=O)CN(CC(=O)O)CC2CC2)CC(C)O1. The number of carboxylic acid groups (broad SMARTS) is 1. The van der Waals surface area contributed by atoms with Crippen LogP contribution in [0.25, 0.3) is 0 Å². The number of rotatable bonds is 6. The Morgan fingerprint density at radius 2 is 1.80 bits per heavy atom. The molecule has 0 radical (unpaired) electrons. The van der Waals surface area contributed by atoms with E-state index in [1.165, 1.54) is 0 Å². The van der Waals surface area contributed by atoms with Gasteiger partial charge in [0, 0.05) is 19.6 Å². The summed E-state index contributed by atoms with van der Waals surface area (Å²) in [4.78, 5) is 26.8. The van der Waals surface area contributed by atoms with E-state index in [0.717, 1.165) is 12.8 Å². The molecule has 20 heavy (non-hydrogen) atoms. The minimum absolute atomic E-state index is 0.00824. The Labute approximate surface area is 119 Å². The third-order valence-corrected chi connectivity index (χ3v) is 3.70. The number of carbonyl (C=O) groups excluding carboxylic acids is 1. The van der Waals surface area contributed by atoms with Gasteiger partial charge >= 0.3 is 5.97 Å². The highest BCUT2D eigenvalue weighted by Crippen LogP contribution is 2.29. The molecule has 0 aromatic rings. The quantitative estimate of drug-likeness (QED) is 0.765. The lowest BCUT2D eigenvalue weighted by atomic mass is 10.2. The maximum Gasteiger partial charge on any atom is 0.317 e. The maximum absolute atomic E-state index is 12.3. The lowest BCUT2D eigenvalue weighted by Crippen LogP contribution is -2.51. The highest BCUT2D eigenvalue weighted by molar-refractivity contribution is 5.79. The molecule has 0 aromatic carbocycles. The van der Waals surface area contributed by atoms with Crippen molar-refractivity contribution in [1.82, 2.24) is 9.80 Å². The van der Waals surface area contributed by atoms with Gasteiger partial charge in [-0.25, -0.2) is 0 Å². The van der Waals surface area contributed by atoms with Gasteiger partial charge in [-0.1, -0.05) is 0 Å². The Bertz CT molecular complexity index is 360. The molecule has 1 aliphatic heterocycles. The van der Waals surface area contributed by atoms with Gasteiger partial charge < -0.3 is 14.7 Å². The standard InChI is InChI=1S/C14H24N2O4/c1-10-5-16(6-11(2)20-10)13(17)8-15(9-14(18)19)7-12-3-4-12/h10-12H,3-9H2,1-2H3,(H,18,19). The van der Waals surface area contributed by atoms with Gasteiger partial charge in [-0.3, -0.25) is 14.5 Å². The van der Waals surface area contributed by atoms with Gasteiger partial charge in [0.15, 0.2) is 0 Å². The van der Waals surface area contributed by atoms with Crippen molar-refractivity contribution in [3.63, 3.8) is 0 Å². The summed E-state index contributed by atoms with van der Waals surface area (Å²) in [5.74, 6) is -0.291. The second kappa shape index (κ2) is 6.54. The van der Waals surface area contributed by atoms with E-state index < -0.39 is 5.97 Å². The number of hydrogen-bond donors (Lipinski definition) is 1. The summed E-state index contributed by atoms with van der Waals surface area (Å²) in [5, 5.41) is 8.94. The molecule has 2 fully saturated rings. The molecule has 1 N–H and O–H groups in total. The second-order valence-electron chi connectivity index (χ2n) is 6.06. The lowest BCUT2D eigenvalue weighted by molar-refractivity contribution is -0.146. The summed E-state index contributed by atoms with van der Waals surface area (Å²) in [5.41, 5.74) is 0. The van der Waals surface area contributed by atoms with Crippen LogP contribution in [-0.4, -0.2) is 71.7 Å². The normalized spacial score (nSPS) is 26.9. The summed E-state index contributed by atoms with van der Waals surface area (Å²) in [6.45, 7) is 5.94. The fourth-order valence-electron chi connectivity index (χ4n) is 2.71. The van der Waals surface area contributed by atoms with E-state index in [1.54, 1.807) is 9.80 Å². The molecule has 0 spiro atoms. The van der Waals surface area contributed by atoms with E-state index in [4.69, 9.17) is 9.84 Å². The Morgan fingerprint density at radius 1 is 1.20 bits per heavy atom. The third-order valence-electron chi connectivity index (χ3n) is 3.70. The molecule has 6 heteroatoms. The van der Waals surface area contributed by atoms with E-state index in [-0.39, 0.29) is 31.2 Å². The Hall–Kier alpha value is -1.14. The monoisotopic (exact) mass is 284 g/mol. The maximum atomic E-state index is 12.3. The van der Waals surface area contributed by atoms with E-state index >= 15 is 0 Å². The molecule has 1 saturated carbocycles. The van der Waals surface area contributed by atoms with Crippen LogP contribution in [0.3, 0.4) is 0 Å². The lowest BCUT2D eigenvalue weighted by Gasteiger charge is -2.36. The Kier molecular flexibility index (Phi) is 4.99. The molecule has 2 unspecified atom stereocenters. The van der Waals surface area contributed by atoms with Gasteiger partial charge in [0.2, 0.25) is 5.91 Å². The van der Waals surface area contributed by atoms with Crippen molar-refractivity contribution in [1.29, 1.82) is 0 Å². The molecule has 1 amide bonds. The third kappa shape index (κ3) is 4.76. The number of amides is 1. The molecule has 2 atom stereocenters. The molecule has 6 nitrogen and oxygen atoms in total. The van der Waals surface area contributed by atoms with Gasteiger partial charge in [0.05, 0.1) is 25.3 Å². The zero-order chi connectivity index (χ0) is 14.7. The molecular formula is C14H24N2O4. The van der Waals surface area contributed by atoms with Crippen molar-refractivity contribution in [2.75, 3.05) is 32.7 Å². The van der Waals surface area contributed by atoms with Crippen molar-refractivity contribution >= 4 is 11.9 Å². The Morgan fingerprint density at radius 3 is 2.30 bits per heavy atom. The summed E-state index contributed by atoms with van der Waals surface area (Å²) >= 11 is 0. The van der Waals surface area contributed by atoms with Crippen LogP contribution in [-0.2, 0) is 14.3 Å². The van der Waals surface area contributed by atoms with Crippen molar-refractivity contribution < 1.29 is 19.4 Å². The number of nitrogens with zero attached hydrogens (tertiary/aromatic N) is 2.